The van der Waals surface area contributed by atoms with Crippen LogP contribution in [0.1, 0.15) is 16.1 Å². The minimum atomic E-state index is -0.241. The van der Waals surface area contributed by atoms with Crippen LogP contribution in [0.2, 0.25) is 0 Å². The average Bonchev–Trinajstić information content (AvgIpc) is 2.96. The number of aryl methyl sites for hydroxylation is 1. The second-order valence-electron chi connectivity index (χ2n) is 4.98. The molecule has 1 aromatic heterocycles. The fourth-order valence-electron chi connectivity index (χ4n) is 2.25. The van der Waals surface area contributed by atoms with E-state index in [1.54, 1.807) is 19.2 Å². The first-order chi connectivity index (χ1) is 11.2. The summed E-state index contributed by atoms with van der Waals surface area (Å²) >= 11 is 1.45. The maximum atomic E-state index is 12.3. The molecule has 0 aliphatic rings. The van der Waals surface area contributed by atoms with Crippen LogP contribution in [-0.4, -0.2) is 17.6 Å². The van der Waals surface area contributed by atoms with Crippen molar-refractivity contribution in [2.75, 3.05) is 7.11 Å². The minimum absolute atomic E-state index is 0.241. The Bertz CT molecular complexity index is 877. The third kappa shape index (κ3) is 3.24. The van der Waals surface area contributed by atoms with Gasteiger partial charge < -0.3 is 4.74 Å². The van der Waals surface area contributed by atoms with Gasteiger partial charge in [-0.1, -0.05) is 18.2 Å². The molecule has 0 saturated carbocycles. The van der Waals surface area contributed by atoms with E-state index >= 15 is 0 Å². The fraction of sp³-hybridized carbons (Fsp3) is 0.111. The van der Waals surface area contributed by atoms with Gasteiger partial charge in [-0.2, -0.15) is 4.99 Å². The van der Waals surface area contributed by atoms with E-state index in [0.717, 1.165) is 17.1 Å². The van der Waals surface area contributed by atoms with Gasteiger partial charge in [0.15, 0.2) is 4.80 Å². The van der Waals surface area contributed by atoms with Gasteiger partial charge in [0.1, 0.15) is 5.75 Å². The summed E-state index contributed by atoms with van der Waals surface area (Å²) in [7, 11) is 1.64. The topological polar surface area (TPSA) is 43.6 Å². The van der Waals surface area contributed by atoms with Gasteiger partial charge in [-0.15, -0.1) is 11.3 Å². The molecule has 2 aromatic carbocycles. The Kier molecular flexibility index (Phi) is 4.39. The molecule has 0 aliphatic carbocycles. The van der Waals surface area contributed by atoms with Crippen molar-refractivity contribution in [3.05, 3.63) is 76.0 Å². The largest absolute Gasteiger partial charge is 0.497 e. The van der Waals surface area contributed by atoms with E-state index in [4.69, 9.17) is 4.74 Å². The standard InChI is InChI=1S/C18H16N2O2S/c1-13-12-23-18(19-17(21)14-6-4-3-5-7-14)20(13)15-8-10-16(22-2)11-9-15/h3-12H,1-2H3. The summed E-state index contributed by atoms with van der Waals surface area (Å²) in [4.78, 5) is 17.2. The summed E-state index contributed by atoms with van der Waals surface area (Å²) in [5.74, 6) is 0.552. The van der Waals surface area contributed by atoms with Crippen LogP contribution >= 0.6 is 11.3 Å². The Morgan fingerprint density at radius 2 is 1.78 bits per heavy atom. The average molecular weight is 324 g/mol. The Hall–Kier alpha value is -2.66. The Labute approximate surface area is 138 Å². The normalized spacial score (nSPS) is 11.5. The number of ether oxygens (including phenoxy) is 1. The number of amides is 1. The van der Waals surface area contributed by atoms with Gasteiger partial charge in [0.25, 0.3) is 5.91 Å². The van der Waals surface area contributed by atoms with Crippen molar-refractivity contribution in [3.63, 3.8) is 0 Å². The number of nitrogens with zero attached hydrogens (tertiary/aromatic N) is 2. The second-order valence-corrected chi connectivity index (χ2v) is 5.81. The molecule has 1 heterocycles. The van der Waals surface area contributed by atoms with Crippen LogP contribution in [0, 0.1) is 6.92 Å². The molecule has 0 atom stereocenters. The highest BCUT2D eigenvalue weighted by atomic mass is 32.1. The van der Waals surface area contributed by atoms with Crippen molar-refractivity contribution in [1.82, 2.24) is 4.57 Å². The van der Waals surface area contributed by atoms with E-state index < -0.39 is 0 Å². The second kappa shape index (κ2) is 6.62. The van der Waals surface area contributed by atoms with Crippen LogP contribution in [0.25, 0.3) is 5.69 Å². The molecule has 1 amide bonds. The predicted molar refractivity (Wildman–Crippen MR) is 91.3 cm³/mol. The van der Waals surface area contributed by atoms with E-state index in [-0.39, 0.29) is 5.91 Å². The van der Waals surface area contributed by atoms with Gasteiger partial charge in [0, 0.05) is 22.3 Å². The van der Waals surface area contributed by atoms with E-state index in [1.165, 1.54) is 11.3 Å². The van der Waals surface area contributed by atoms with Crippen molar-refractivity contribution in [2.45, 2.75) is 6.92 Å². The van der Waals surface area contributed by atoms with Gasteiger partial charge in [-0.3, -0.25) is 9.36 Å². The number of hydrogen-bond acceptors (Lipinski definition) is 3. The van der Waals surface area contributed by atoms with Crippen LogP contribution in [-0.2, 0) is 0 Å². The van der Waals surface area contributed by atoms with Gasteiger partial charge in [-0.25, -0.2) is 0 Å². The maximum absolute atomic E-state index is 12.3. The monoisotopic (exact) mass is 324 g/mol. The summed E-state index contributed by atoms with van der Waals surface area (Å²) in [5.41, 5.74) is 2.56. The van der Waals surface area contributed by atoms with Crippen molar-refractivity contribution in [2.24, 2.45) is 4.99 Å². The lowest BCUT2D eigenvalue weighted by Gasteiger charge is -2.07. The van der Waals surface area contributed by atoms with E-state index in [9.17, 15) is 4.79 Å². The molecule has 0 fully saturated rings. The van der Waals surface area contributed by atoms with Gasteiger partial charge in [0.05, 0.1) is 7.11 Å². The third-order valence-electron chi connectivity index (χ3n) is 3.43. The first-order valence-electron chi connectivity index (χ1n) is 7.15. The highest BCUT2D eigenvalue weighted by Gasteiger charge is 2.08. The SMILES string of the molecule is COc1ccc(-n2c(C)csc2=NC(=O)c2ccccc2)cc1. The fourth-order valence-corrected chi connectivity index (χ4v) is 3.12. The van der Waals surface area contributed by atoms with Gasteiger partial charge >= 0.3 is 0 Å². The number of rotatable bonds is 3. The Morgan fingerprint density at radius 3 is 2.43 bits per heavy atom. The molecule has 23 heavy (non-hydrogen) atoms. The number of benzene rings is 2. The smallest absolute Gasteiger partial charge is 0.279 e. The number of aromatic nitrogens is 1. The molecule has 0 radical (unpaired) electrons. The van der Waals surface area contributed by atoms with Crippen LogP contribution in [0.15, 0.2) is 65.0 Å². The highest BCUT2D eigenvalue weighted by Crippen LogP contribution is 2.16. The molecular formula is C18H16N2O2S. The molecule has 0 unspecified atom stereocenters. The first kappa shape index (κ1) is 15.2. The van der Waals surface area contributed by atoms with Crippen LogP contribution in [0.3, 0.4) is 0 Å². The Morgan fingerprint density at radius 1 is 1.09 bits per heavy atom. The van der Waals surface area contributed by atoms with E-state index in [2.05, 4.69) is 4.99 Å². The zero-order valence-electron chi connectivity index (χ0n) is 12.9. The van der Waals surface area contributed by atoms with Gasteiger partial charge in [-0.05, 0) is 43.3 Å². The molecule has 0 bridgehead atoms. The summed E-state index contributed by atoms with van der Waals surface area (Å²) < 4.78 is 7.15. The summed E-state index contributed by atoms with van der Waals surface area (Å²) in [6.07, 6.45) is 0. The summed E-state index contributed by atoms with van der Waals surface area (Å²) in [5, 5.41) is 1.99. The summed E-state index contributed by atoms with van der Waals surface area (Å²) in [6, 6.07) is 16.8. The Balaban J connectivity index is 2.04. The molecule has 0 spiro atoms. The van der Waals surface area contributed by atoms with Crippen LogP contribution < -0.4 is 9.54 Å². The molecule has 0 N–H and O–H groups in total. The molecule has 3 aromatic rings. The van der Waals surface area contributed by atoms with Gasteiger partial charge in [0.2, 0.25) is 0 Å². The molecule has 0 aliphatic heterocycles. The zero-order chi connectivity index (χ0) is 16.2. The number of thiazole rings is 1. The molecule has 4 nitrogen and oxygen atoms in total. The van der Waals surface area contributed by atoms with Crippen molar-refractivity contribution in [1.29, 1.82) is 0 Å². The summed E-state index contributed by atoms with van der Waals surface area (Å²) in [6.45, 7) is 1.99. The quantitative estimate of drug-likeness (QED) is 0.739. The van der Waals surface area contributed by atoms with Crippen molar-refractivity contribution in [3.8, 4) is 11.4 Å². The highest BCUT2D eigenvalue weighted by molar-refractivity contribution is 7.07. The van der Waals surface area contributed by atoms with Crippen molar-refractivity contribution >= 4 is 17.2 Å². The minimum Gasteiger partial charge on any atom is -0.497 e. The molecule has 3 rings (SSSR count). The lowest BCUT2D eigenvalue weighted by atomic mass is 10.2. The molecule has 0 saturated heterocycles. The first-order valence-corrected chi connectivity index (χ1v) is 8.02. The predicted octanol–water partition coefficient (Wildman–Crippen LogP) is 3.60. The lowest BCUT2D eigenvalue weighted by Crippen LogP contribution is -2.16. The van der Waals surface area contributed by atoms with Crippen molar-refractivity contribution < 1.29 is 9.53 Å². The van der Waals surface area contributed by atoms with E-state index in [0.29, 0.717) is 10.4 Å². The molecule has 5 heteroatoms. The number of methoxy groups -OCH3 is 1. The molecular weight excluding hydrogens is 308 g/mol. The zero-order valence-corrected chi connectivity index (χ0v) is 13.7. The number of carbonyl (C=O) groups is 1. The maximum Gasteiger partial charge on any atom is 0.279 e. The van der Waals surface area contributed by atoms with Crippen LogP contribution in [0.4, 0.5) is 0 Å². The van der Waals surface area contributed by atoms with E-state index in [1.807, 2.05) is 59.3 Å². The number of carbonyl (C=O) groups excluding carboxylic acids is 1. The lowest BCUT2D eigenvalue weighted by molar-refractivity contribution is 0.0998. The third-order valence-corrected chi connectivity index (χ3v) is 4.37. The molecule has 116 valence electrons. The number of hydrogen-bond donors (Lipinski definition) is 0. The van der Waals surface area contributed by atoms with Crippen LogP contribution in [0.5, 0.6) is 5.75 Å².